The van der Waals surface area contributed by atoms with Crippen molar-refractivity contribution in [2.75, 3.05) is 27.8 Å². The van der Waals surface area contributed by atoms with E-state index in [-0.39, 0.29) is 12.2 Å². The Bertz CT molecular complexity index is 1800. The number of aromatic nitrogens is 4. The van der Waals surface area contributed by atoms with Crippen LogP contribution in [0.15, 0.2) is 53.9 Å². The third-order valence-corrected chi connectivity index (χ3v) is 7.31. The smallest absolute Gasteiger partial charge is 0.418 e. The van der Waals surface area contributed by atoms with Crippen molar-refractivity contribution in [2.24, 2.45) is 4.99 Å². The van der Waals surface area contributed by atoms with Crippen LogP contribution in [0, 0.1) is 11.3 Å². The molecule has 222 valence electrons. The molecule has 2 fully saturated rings. The van der Waals surface area contributed by atoms with Gasteiger partial charge in [0.2, 0.25) is 5.60 Å². The van der Waals surface area contributed by atoms with Crippen molar-refractivity contribution in [2.45, 2.75) is 43.5 Å². The van der Waals surface area contributed by atoms with Crippen LogP contribution < -0.4 is 0 Å². The highest BCUT2D eigenvalue weighted by molar-refractivity contribution is 6.06. The van der Waals surface area contributed by atoms with Crippen LogP contribution in [0.5, 0.6) is 0 Å². The van der Waals surface area contributed by atoms with Crippen molar-refractivity contribution in [3.8, 4) is 6.07 Å². The van der Waals surface area contributed by atoms with E-state index in [1.54, 1.807) is 66.0 Å². The first-order chi connectivity index (χ1) is 20.6. The third-order valence-electron chi connectivity index (χ3n) is 7.31. The zero-order valence-corrected chi connectivity index (χ0v) is 24.1. The number of ether oxygens (including phenoxy) is 5. The van der Waals surface area contributed by atoms with Gasteiger partial charge in [0, 0.05) is 25.7 Å². The van der Waals surface area contributed by atoms with Crippen LogP contribution in [-0.2, 0) is 29.3 Å². The van der Waals surface area contributed by atoms with Gasteiger partial charge in [0.25, 0.3) is 0 Å². The molecule has 0 saturated carbocycles. The highest BCUT2D eigenvalue weighted by Gasteiger charge is 2.65. The zero-order chi connectivity index (χ0) is 30.5. The summed E-state index contributed by atoms with van der Waals surface area (Å²) in [5, 5.41) is 15.5. The number of aliphatic imine (C=N–C) groups is 1. The molecular formula is C29H29N7O7. The molecule has 0 aliphatic carbocycles. The van der Waals surface area contributed by atoms with Crippen molar-refractivity contribution in [1.82, 2.24) is 24.1 Å². The fourth-order valence-corrected chi connectivity index (χ4v) is 5.53. The molecule has 43 heavy (non-hydrogen) atoms. The van der Waals surface area contributed by atoms with E-state index in [2.05, 4.69) is 21.1 Å². The van der Waals surface area contributed by atoms with Crippen molar-refractivity contribution in [1.29, 1.82) is 5.26 Å². The predicted octanol–water partition coefficient (Wildman–Crippen LogP) is 3.01. The number of fused-ring (bicyclic) bond motifs is 3. The molecule has 0 unspecified atom stereocenters. The minimum Gasteiger partial charge on any atom is -0.465 e. The minimum absolute atomic E-state index is 0.224. The summed E-state index contributed by atoms with van der Waals surface area (Å²) >= 11 is 0. The van der Waals surface area contributed by atoms with Crippen LogP contribution in [0.25, 0.3) is 16.4 Å². The predicted molar refractivity (Wildman–Crippen MR) is 151 cm³/mol. The Labute approximate surface area is 246 Å². The van der Waals surface area contributed by atoms with Gasteiger partial charge in [0.15, 0.2) is 11.6 Å². The Kier molecular flexibility index (Phi) is 6.88. The molecule has 0 N–H and O–H groups in total. The Hall–Kier alpha value is -4.84. The molecule has 0 amide bonds. The molecular weight excluding hydrogens is 558 g/mol. The van der Waals surface area contributed by atoms with Crippen molar-refractivity contribution in [3.63, 3.8) is 0 Å². The van der Waals surface area contributed by atoms with Gasteiger partial charge in [-0.05, 0) is 32.0 Å². The highest BCUT2D eigenvalue weighted by Crippen LogP contribution is 2.49. The van der Waals surface area contributed by atoms with E-state index in [4.69, 9.17) is 23.7 Å². The minimum atomic E-state index is -1.67. The summed E-state index contributed by atoms with van der Waals surface area (Å²) in [4.78, 5) is 36.1. The van der Waals surface area contributed by atoms with Crippen LogP contribution in [0.2, 0.25) is 0 Å². The van der Waals surface area contributed by atoms with E-state index in [1.165, 1.54) is 24.2 Å². The molecule has 0 radical (unpaired) electrons. The molecule has 14 heteroatoms. The van der Waals surface area contributed by atoms with Gasteiger partial charge in [0.1, 0.15) is 42.8 Å². The molecule has 14 nitrogen and oxygen atoms in total. The van der Waals surface area contributed by atoms with Gasteiger partial charge in [-0.25, -0.2) is 24.1 Å². The second-order valence-corrected chi connectivity index (χ2v) is 10.8. The Balaban J connectivity index is 1.32. The highest BCUT2D eigenvalue weighted by atomic mass is 16.8. The second-order valence-electron chi connectivity index (χ2n) is 10.8. The Morgan fingerprint density at radius 1 is 1.16 bits per heavy atom. The summed E-state index contributed by atoms with van der Waals surface area (Å²) in [5.74, 6) is -1.23. The number of methoxy groups -OCH3 is 1. The number of rotatable bonds is 6. The number of esters is 1. The van der Waals surface area contributed by atoms with E-state index in [9.17, 15) is 14.9 Å². The summed E-state index contributed by atoms with van der Waals surface area (Å²) in [7, 11) is 4.95. The maximum atomic E-state index is 13.3. The normalized spacial score (nSPS) is 24.3. The van der Waals surface area contributed by atoms with Crippen molar-refractivity contribution in [3.05, 3.63) is 60.2 Å². The van der Waals surface area contributed by atoms with Crippen LogP contribution in [-0.4, -0.2) is 94.4 Å². The molecule has 6 rings (SSSR count). The number of para-hydroxylation sites is 1. The lowest BCUT2D eigenvalue weighted by molar-refractivity contribution is -0.204. The Morgan fingerprint density at radius 3 is 2.70 bits per heavy atom. The van der Waals surface area contributed by atoms with Gasteiger partial charge in [0.05, 0.1) is 30.2 Å². The molecule has 4 atom stereocenters. The molecule has 2 aliphatic heterocycles. The van der Waals surface area contributed by atoms with Crippen molar-refractivity contribution >= 4 is 40.6 Å². The monoisotopic (exact) mass is 587 g/mol. The average molecular weight is 588 g/mol. The summed E-state index contributed by atoms with van der Waals surface area (Å²) in [6, 6.07) is 12.7. The molecule has 2 aliphatic rings. The van der Waals surface area contributed by atoms with E-state index >= 15 is 0 Å². The molecule has 0 bridgehead atoms. The molecule has 1 aromatic carbocycles. The first-order valence-electron chi connectivity index (χ1n) is 13.4. The largest absolute Gasteiger partial charge is 0.465 e. The standard InChI is InChI=1S/C29H29N7O7/c1-28(2)42-23-21(13-40-27(38)35-12-18(26(37)39-5)17-8-6-7-9-19(17)35)41-29(14-30,24(23)43-28)22-11-10-20-25(32-16-34(3)4)31-15-33-36(20)22/h6-12,15-16,21,23-24H,13H2,1-5H3/t21-,23-,24-,29+/m1/s1. The SMILES string of the molecule is COC(=O)c1cn(C(=O)OC[C@H]2O[C@@](C#N)(c3ccc4c(N=CN(C)C)ncnn34)[C@@H]3OC(C)(C)O[C@@H]32)c2ccccc12. The van der Waals surface area contributed by atoms with Crippen molar-refractivity contribution < 1.29 is 33.3 Å². The van der Waals surface area contributed by atoms with Gasteiger partial charge in [-0.2, -0.15) is 10.4 Å². The van der Waals surface area contributed by atoms with E-state index in [1.807, 2.05) is 14.1 Å². The zero-order valence-electron chi connectivity index (χ0n) is 24.1. The van der Waals surface area contributed by atoms with Gasteiger partial charge >= 0.3 is 12.1 Å². The number of hydrogen-bond donors (Lipinski definition) is 0. The molecule has 3 aromatic heterocycles. The first-order valence-corrected chi connectivity index (χ1v) is 13.4. The number of hydrogen-bond acceptors (Lipinski definition) is 11. The number of carbonyl (C=O) groups excluding carboxylic acids is 2. The molecule has 5 heterocycles. The average Bonchev–Trinajstić information content (AvgIpc) is 3.74. The fraction of sp³-hybridized carbons (Fsp3) is 0.379. The fourth-order valence-electron chi connectivity index (χ4n) is 5.53. The van der Waals surface area contributed by atoms with Gasteiger partial charge in [-0.3, -0.25) is 4.57 Å². The summed E-state index contributed by atoms with van der Waals surface area (Å²) in [6.45, 7) is 3.21. The van der Waals surface area contributed by atoms with Gasteiger partial charge < -0.3 is 28.6 Å². The summed E-state index contributed by atoms with van der Waals surface area (Å²) in [5.41, 5.74) is -0.0337. The van der Waals surface area contributed by atoms with Crippen LogP contribution >= 0.6 is 0 Å². The first kappa shape index (κ1) is 28.3. The van der Waals surface area contributed by atoms with E-state index < -0.39 is 41.8 Å². The van der Waals surface area contributed by atoms with Crippen LogP contribution in [0.1, 0.15) is 29.9 Å². The molecule has 4 aromatic rings. The number of nitrogens with zero attached hydrogens (tertiary/aromatic N) is 7. The lowest BCUT2D eigenvalue weighted by atomic mass is 9.92. The van der Waals surface area contributed by atoms with E-state index in [0.717, 1.165) is 0 Å². The van der Waals surface area contributed by atoms with E-state index in [0.29, 0.717) is 27.9 Å². The van der Waals surface area contributed by atoms with Crippen LogP contribution in [0.4, 0.5) is 10.6 Å². The maximum Gasteiger partial charge on any atom is 0.418 e. The number of carbonyl (C=O) groups is 2. The quantitative estimate of drug-likeness (QED) is 0.186. The maximum absolute atomic E-state index is 13.3. The van der Waals surface area contributed by atoms with Gasteiger partial charge in [-0.15, -0.1) is 0 Å². The van der Waals surface area contributed by atoms with Gasteiger partial charge in [-0.1, -0.05) is 18.2 Å². The lowest BCUT2D eigenvalue weighted by Crippen LogP contribution is -2.40. The molecule has 2 saturated heterocycles. The second kappa shape index (κ2) is 10.5. The lowest BCUT2D eigenvalue weighted by Gasteiger charge is -2.28. The topological polar surface area (TPSA) is 155 Å². The molecule has 0 spiro atoms. The third kappa shape index (κ3) is 4.67. The summed E-state index contributed by atoms with van der Waals surface area (Å²) < 4.78 is 32.1. The number of benzene rings is 1. The van der Waals surface area contributed by atoms with Crippen LogP contribution in [0.3, 0.4) is 0 Å². The number of nitriles is 1. The Morgan fingerprint density at radius 2 is 1.95 bits per heavy atom. The summed E-state index contributed by atoms with van der Waals surface area (Å²) in [6.07, 6.45) is 1.07.